The minimum atomic E-state index is -0.0265. The van der Waals surface area contributed by atoms with E-state index in [1.807, 2.05) is 35.2 Å². The van der Waals surface area contributed by atoms with Crippen molar-refractivity contribution in [2.75, 3.05) is 45.2 Å². The fraction of sp³-hybridized carbons (Fsp3) is 0.500. The van der Waals surface area contributed by atoms with Crippen molar-refractivity contribution >= 4 is 17.6 Å². The number of ether oxygens (including phenoxy) is 1. The predicted molar refractivity (Wildman–Crippen MR) is 117 cm³/mol. The molecule has 170 valence electrons. The van der Waals surface area contributed by atoms with Crippen LogP contribution < -0.4 is 22.5 Å². The molecule has 1 fully saturated rings. The Morgan fingerprint density at radius 3 is 2.65 bits per heavy atom. The van der Waals surface area contributed by atoms with Crippen molar-refractivity contribution in [2.45, 2.75) is 32.6 Å². The fourth-order valence-corrected chi connectivity index (χ4v) is 3.64. The van der Waals surface area contributed by atoms with Crippen LogP contribution in [0.25, 0.3) is 11.3 Å². The number of unbranched alkanes of at least 4 members (excludes halogenated alkanes) is 1. The standard InChI is InChI=1S/C22H31N5O3.ClH/c1-17(28)27-13-5-12-26(14-15-27)11-4-3-6-22(29)23-21-16-20(24-25-21)18-7-9-19(30-2)10-8-18;/h7-10,16H,3-6,11-15H2,1-2H3,(H2,23,24,25,29);1H. The van der Waals surface area contributed by atoms with Crippen molar-refractivity contribution in [1.29, 1.82) is 0 Å². The van der Waals surface area contributed by atoms with E-state index in [-0.39, 0.29) is 25.6 Å². The second kappa shape index (κ2) is 12.3. The monoisotopic (exact) mass is 449 g/mol. The first-order chi connectivity index (χ1) is 14.5. The van der Waals surface area contributed by atoms with Gasteiger partial charge in [-0.1, -0.05) is 0 Å². The number of hydrogen-bond donors (Lipinski definition) is 2. The molecule has 31 heavy (non-hydrogen) atoms. The molecular weight excluding hydrogens is 418 g/mol. The number of aromatic nitrogens is 2. The van der Waals surface area contributed by atoms with Crippen molar-refractivity contribution in [2.24, 2.45) is 0 Å². The van der Waals surface area contributed by atoms with Crippen molar-refractivity contribution in [3.05, 3.63) is 30.3 Å². The van der Waals surface area contributed by atoms with Crippen LogP contribution in [-0.4, -0.2) is 71.6 Å². The van der Waals surface area contributed by atoms with E-state index in [2.05, 4.69) is 20.4 Å². The number of H-pyrrole nitrogens is 1. The van der Waals surface area contributed by atoms with Crippen LogP contribution in [0.4, 0.5) is 5.82 Å². The third-order valence-corrected chi connectivity index (χ3v) is 5.41. The van der Waals surface area contributed by atoms with E-state index in [0.717, 1.165) is 69.0 Å². The molecule has 1 aromatic heterocycles. The molecule has 2 heterocycles. The van der Waals surface area contributed by atoms with Crippen LogP contribution in [0.3, 0.4) is 0 Å². The van der Waals surface area contributed by atoms with Gasteiger partial charge in [-0.15, -0.1) is 0 Å². The zero-order chi connectivity index (χ0) is 21.3. The Bertz CT molecular complexity index is 846. The van der Waals surface area contributed by atoms with Gasteiger partial charge in [0.15, 0.2) is 5.82 Å². The van der Waals surface area contributed by atoms with E-state index in [1.54, 1.807) is 14.0 Å². The number of amides is 2. The number of methoxy groups -OCH3 is 1. The molecule has 1 saturated heterocycles. The number of carbonyl (C=O) groups excluding carboxylic acids is 2. The second-order valence-electron chi connectivity index (χ2n) is 7.60. The highest BCUT2D eigenvalue weighted by Gasteiger charge is 2.16. The van der Waals surface area contributed by atoms with E-state index in [1.165, 1.54) is 0 Å². The van der Waals surface area contributed by atoms with Gasteiger partial charge < -0.3 is 32.3 Å². The molecule has 8 nitrogen and oxygen atoms in total. The van der Waals surface area contributed by atoms with Crippen LogP contribution in [0.15, 0.2) is 30.3 Å². The molecule has 1 aromatic carbocycles. The number of benzene rings is 1. The van der Waals surface area contributed by atoms with Crippen LogP contribution in [-0.2, 0) is 9.59 Å². The zero-order valence-electron chi connectivity index (χ0n) is 19.2. The van der Waals surface area contributed by atoms with Crippen molar-refractivity contribution < 1.29 is 28.2 Å². The SMILES string of the molecule is COc1ccc(-c2cc(NC(=O)CCCCN3CCCN(C(C)=O)CC3)n[nH]2)cc1.[Cl-].[H+]. The number of nitrogens with zero attached hydrogens (tertiary/aromatic N) is 3. The first kappa shape index (κ1) is 24.7. The average molecular weight is 450 g/mol. The maximum atomic E-state index is 12.2. The predicted octanol–water partition coefficient (Wildman–Crippen LogP) is -0.135. The van der Waals surface area contributed by atoms with Gasteiger partial charge in [-0.05, 0) is 62.2 Å². The maximum Gasteiger partial charge on any atom is 1.00 e. The summed E-state index contributed by atoms with van der Waals surface area (Å²) in [6, 6.07) is 9.48. The highest BCUT2D eigenvalue weighted by atomic mass is 35.5. The maximum absolute atomic E-state index is 12.2. The third kappa shape index (κ3) is 7.56. The second-order valence-corrected chi connectivity index (χ2v) is 7.60. The molecular formula is C22H32ClN5O3. The summed E-state index contributed by atoms with van der Waals surface area (Å²) in [6.45, 7) is 6.16. The molecule has 0 unspecified atom stereocenters. The van der Waals surface area contributed by atoms with Gasteiger partial charge in [-0.25, -0.2) is 0 Å². The van der Waals surface area contributed by atoms with Crippen LogP contribution in [0.1, 0.15) is 34.0 Å². The van der Waals surface area contributed by atoms with Crippen molar-refractivity contribution in [3.63, 3.8) is 0 Å². The summed E-state index contributed by atoms with van der Waals surface area (Å²) in [5.41, 5.74) is 1.82. The van der Waals surface area contributed by atoms with E-state index in [4.69, 9.17) is 4.74 Å². The van der Waals surface area contributed by atoms with Gasteiger partial charge in [0.1, 0.15) is 5.75 Å². The number of carbonyl (C=O) groups is 2. The van der Waals surface area contributed by atoms with Gasteiger partial charge in [-0.3, -0.25) is 14.7 Å². The van der Waals surface area contributed by atoms with E-state index < -0.39 is 0 Å². The highest BCUT2D eigenvalue weighted by Crippen LogP contribution is 2.22. The lowest BCUT2D eigenvalue weighted by atomic mass is 10.1. The lowest BCUT2D eigenvalue weighted by Crippen LogP contribution is -3.00. The Morgan fingerprint density at radius 2 is 1.94 bits per heavy atom. The number of rotatable bonds is 8. The number of nitrogens with one attached hydrogen (secondary N) is 2. The zero-order valence-corrected chi connectivity index (χ0v) is 19.0. The molecule has 2 amide bonds. The van der Waals surface area contributed by atoms with Gasteiger partial charge in [0.2, 0.25) is 11.8 Å². The van der Waals surface area contributed by atoms with Gasteiger partial charge in [0, 0.05) is 39.0 Å². The van der Waals surface area contributed by atoms with Gasteiger partial charge in [-0.2, -0.15) is 5.10 Å². The first-order valence-corrected chi connectivity index (χ1v) is 10.5. The summed E-state index contributed by atoms with van der Waals surface area (Å²) in [5.74, 6) is 1.45. The highest BCUT2D eigenvalue weighted by molar-refractivity contribution is 5.90. The Balaban J connectivity index is 0.00000256. The summed E-state index contributed by atoms with van der Waals surface area (Å²) >= 11 is 0. The van der Waals surface area contributed by atoms with Crippen LogP contribution in [0.5, 0.6) is 5.75 Å². The van der Waals surface area contributed by atoms with Crippen molar-refractivity contribution in [1.82, 2.24) is 20.0 Å². The summed E-state index contributed by atoms with van der Waals surface area (Å²) in [5, 5.41) is 9.99. The lowest BCUT2D eigenvalue weighted by molar-refractivity contribution is -0.128. The number of halogens is 1. The summed E-state index contributed by atoms with van der Waals surface area (Å²) < 4.78 is 5.17. The van der Waals surface area contributed by atoms with E-state index >= 15 is 0 Å². The molecule has 0 saturated carbocycles. The number of anilines is 1. The molecule has 3 rings (SSSR count). The van der Waals surface area contributed by atoms with E-state index in [9.17, 15) is 9.59 Å². The van der Waals surface area contributed by atoms with Crippen LogP contribution >= 0.6 is 0 Å². The molecule has 1 aliphatic heterocycles. The number of aromatic amines is 1. The molecule has 2 N–H and O–H groups in total. The molecule has 0 spiro atoms. The molecule has 0 bridgehead atoms. The summed E-state index contributed by atoms with van der Waals surface area (Å²) in [7, 11) is 1.63. The lowest BCUT2D eigenvalue weighted by Gasteiger charge is -2.20. The van der Waals surface area contributed by atoms with E-state index in [0.29, 0.717) is 12.2 Å². The third-order valence-electron chi connectivity index (χ3n) is 5.41. The topological polar surface area (TPSA) is 90.6 Å². The Kier molecular flexibility index (Phi) is 9.81. The Morgan fingerprint density at radius 1 is 1.16 bits per heavy atom. The molecule has 9 heteroatoms. The Labute approximate surface area is 191 Å². The molecule has 2 aromatic rings. The largest absolute Gasteiger partial charge is 1.00 e. The molecule has 0 atom stereocenters. The fourth-order valence-electron chi connectivity index (χ4n) is 3.64. The van der Waals surface area contributed by atoms with Crippen LogP contribution in [0.2, 0.25) is 0 Å². The van der Waals surface area contributed by atoms with Gasteiger partial charge in [0.05, 0.1) is 12.8 Å². The quantitative estimate of drug-likeness (QED) is 0.548. The molecule has 1 aliphatic rings. The van der Waals surface area contributed by atoms with Gasteiger partial charge >= 0.3 is 1.43 Å². The summed E-state index contributed by atoms with van der Waals surface area (Å²) in [6.07, 6.45) is 3.27. The van der Waals surface area contributed by atoms with Crippen LogP contribution in [0, 0.1) is 0 Å². The molecule has 0 radical (unpaired) electrons. The number of hydrogen-bond acceptors (Lipinski definition) is 5. The smallest absolute Gasteiger partial charge is 1.00 e. The molecule has 0 aliphatic carbocycles. The normalized spacial score (nSPS) is 14.5. The Hall–Kier alpha value is -2.58. The minimum absolute atomic E-state index is 0. The first-order valence-electron chi connectivity index (χ1n) is 10.5. The van der Waals surface area contributed by atoms with Crippen molar-refractivity contribution in [3.8, 4) is 17.0 Å². The average Bonchev–Trinajstić information content (AvgIpc) is 3.07. The minimum Gasteiger partial charge on any atom is -1.00 e. The summed E-state index contributed by atoms with van der Waals surface area (Å²) in [4.78, 5) is 28.0. The van der Waals surface area contributed by atoms with Gasteiger partial charge in [0.25, 0.3) is 0 Å².